The third kappa shape index (κ3) is 1.94. The van der Waals surface area contributed by atoms with Crippen molar-refractivity contribution < 1.29 is 0 Å². The second-order valence-corrected chi connectivity index (χ2v) is 4.64. The minimum Gasteiger partial charge on any atom is -0.371 e. The van der Waals surface area contributed by atoms with Crippen molar-refractivity contribution in [1.82, 2.24) is 5.32 Å². The van der Waals surface area contributed by atoms with Crippen molar-refractivity contribution >= 4 is 5.69 Å². The average Bonchev–Trinajstić information content (AvgIpc) is 2.66. The molecular formula is C14H22N2. The minimum absolute atomic E-state index is 0.712. The number of fused-ring (bicyclic) bond motifs is 1. The van der Waals surface area contributed by atoms with Crippen molar-refractivity contribution in [2.75, 3.05) is 31.6 Å². The van der Waals surface area contributed by atoms with Crippen LogP contribution in [0.5, 0.6) is 0 Å². The lowest BCUT2D eigenvalue weighted by Gasteiger charge is -2.17. The number of aryl methyl sites for hydroxylation is 1. The average molecular weight is 218 g/mol. The first-order valence-corrected chi connectivity index (χ1v) is 6.27. The Kier molecular flexibility index (Phi) is 3.49. The number of rotatable bonds is 4. The summed E-state index contributed by atoms with van der Waals surface area (Å²) in [5, 5.41) is 3.26. The quantitative estimate of drug-likeness (QED) is 0.835. The van der Waals surface area contributed by atoms with Gasteiger partial charge in [-0.15, -0.1) is 0 Å². The lowest BCUT2D eigenvalue weighted by molar-refractivity contribution is 0.610. The lowest BCUT2D eigenvalue weighted by Crippen LogP contribution is -2.22. The zero-order valence-electron chi connectivity index (χ0n) is 10.6. The third-order valence-corrected chi connectivity index (χ3v) is 3.62. The summed E-state index contributed by atoms with van der Waals surface area (Å²) < 4.78 is 0. The molecular weight excluding hydrogens is 196 g/mol. The van der Waals surface area contributed by atoms with Crippen LogP contribution in [-0.4, -0.2) is 26.7 Å². The van der Waals surface area contributed by atoms with Crippen molar-refractivity contribution in [3.8, 4) is 0 Å². The third-order valence-electron chi connectivity index (χ3n) is 3.62. The number of hydrogen-bond acceptors (Lipinski definition) is 2. The van der Waals surface area contributed by atoms with Gasteiger partial charge in [0.05, 0.1) is 0 Å². The van der Waals surface area contributed by atoms with Crippen LogP contribution in [-0.2, 0) is 0 Å². The van der Waals surface area contributed by atoms with Crippen molar-refractivity contribution in [3.63, 3.8) is 0 Å². The monoisotopic (exact) mass is 218 g/mol. The number of anilines is 1. The maximum atomic E-state index is 3.26. The first-order chi connectivity index (χ1) is 7.77. The zero-order chi connectivity index (χ0) is 11.5. The first-order valence-electron chi connectivity index (χ1n) is 6.27. The van der Waals surface area contributed by atoms with Crippen LogP contribution < -0.4 is 10.2 Å². The Morgan fingerprint density at radius 2 is 2.25 bits per heavy atom. The fourth-order valence-electron chi connectivity index (χ4n) is 2.78. The maximum Gasteiger partial charge on any atom is 0.0405 e. The van der Waals surface area contributed by atoms with Crippen LogP contribution in [0.2, 0.25) is 0 Å². The Morgan fingerprint density at radius 3 is 2.94 bits per heavy atom. The normalized spacial score (nSPS) is 18.9. The summed E-state index contributed by atoms with van der Waals surface area (Å²) in [6, 6.07) is 6.69. The molecule has 0 saturated heterocycles. The highest BCUT2D eigenvalue weighted by atomic mass is 15.1. The summed E-state index contributed by atoms with van der Waals surface area (Å²) in [6.45, 7) is 7.90. The first kappa shape index (κ1) is 11.5. The summed E-state index contributed by atoms with van der Waals surface area (Å²) >= 11 is 0. The molecule has 2 rings (SSSR count). The Bertz CT molecular complexity index is 360. The Morgan fingerprint density at radius 1 is 1.44 bits per heavy atom. The number of benzene rings is 1. The smallest absolute Gasteiger partial charge is 0.0405 e. The van der Waals surface area contributed by atoms with E-state index >= 15 is 0 Å². The number of likely N-dealkylation sites (N-methyl/N-ethyl adjacent to an activating group) is 1. The van der Waals surface area contributed by atoms with Crippen LogP contribution in [0.4, 0.5) is 5.69 Å². The number of nitrogens with zero attached hydrogens (tertiary/aromatic N) is 1. The van der Waals surface area contributed by atoms with Crippen molar-refractivity contribution in [2.45, 2.75) is 26.2 Å². The minimum atomic E-state index is 0.712. The fraction of sp³-hybridized carbons (Fsp3) is 0.571. The van der Waals surface area contributed by atoms with Crippen LogP contribution in [0, 0.1) is 6.92 Å². The van der Waals surface area contributed by atoms with E-state index in [1.54, 1.807) is 5.56 Å². The molecule has 0 fully saturated rings. The summed E-state index contributed by atoms with van der Waals surface area (Å²) in [4.78, 5) is 2.50. The fourth-order valence-corrected chi connectivity index (χ4v) is 2.78. The molecule has 0 bridgehead atoms. The van der Waals surface area contributed by atoms with Crippen LogP contribution in [0.15, 0.2) is 18.2 Å². The van der Waals surface area contributed by atoms with E-state index in [0.29, 0.717) is 5.92 Å². The summed E-state index contributed by atoms with van der Waals surface area (Å²) in [6.07, 6.45) is 1.24. The molecule has 0 aliphatic carbocycles. The van der Waals surface area contributed by atoms with Crippen LogP contribution >= 0.6 is 0 Å². The van der Waals surface area contributed by atoms with Gasteiger partial charge < -0.3 is 10.2 Å². The van der Waals surface area contributed by atoms with Gasteiger partial charge in [0.25, 0.3) is 0 Å². The highest BCUT2D eigenvalue weighted by Crippen LogP contribution is 2.39. The van der Waals surface area contributed by atoms with Gasteiger partial charge in [-0.3, -0.25) is 0 Å². The zero-order valence-corrected chi connectivity index (χ0v) is 10.6. The molecule has 1 aromatic carbocycles. The highest BCUT2D eigenvalue weighted by Gasteiger charge is 2.28. The highest BCUT2D eigenvalue weighted by molar-refractivity contribution is 5.62. The molecule has 88 valence electrons. The number of hydrogen-bond donors (Lipinski definition) is 1. The van der Waals surface area contributed by atoms with Gasteiger partial charge in [0.2, 0.25) is 0 Å². The lowest BCUT2D eigenvalue weighted by atomic mass is 9.94. The maximum absolute atomic E-state index is 3.26. The van der Waals surface area contributed by atoms with Gasteiger partial charge in [0, 0.05) is 24.7 Å². The molecule has 1 atom stereocenters. The van der Waals surface area contributed by atoms with Gasteiger partial charge in [0.1, 0.15) is 0 Å². The predicted molar refractivity (Wildman–Crippen MR) is 70.4 cm³/mol. The Balaban J connectivity index is 2.28. The molecule has 0 saturated carbocycles. The summed E-state index contributed by atoms with van der Waals surface area (Å²) in [5.41, 5.74) is 4.50. The molecule has 0 spiro atoms. The van der Waals surface area contributed by atoms with E-state index in [1.165, 1.54) is 24.2 Å². The van der Waals surface area contributed by atoms with E-state index in [0.717, 1.165) is 13.1 Å². The topological polar surface area (TPSA) is 15.3 Å². The van der Waals surface area contributed by atoms with Crippen LogP contribution in [0.1, 0.15) is 30.4 Å². The molecule has 0 radical (unpaired) electrons. The molecule has 0 aromatic heterocycles. The molecule has 2 heteroatoms. The van der Waals surface area contributed by atoms with E-state index in [4.69, 9.17) is 0 Å². The standard InChI is InChI=1S/C14H22N2/c1-4-16-10-12(8-9-15-3)14-11(2)6-5-7-13(14)16/h5-7,12,15H,4,8-10H2,1-3H3. The Hall–Kier alpha value is -1.02. The second kappa shape index (κ2) is 4.88. The van der Waals surface area contributed by atoms with Crippen LogP contribution in [0.25, 0.3) is 0 Å². The van der Waals surface area contributed by atoms with Gasteiger partial charge in [-0.25, -0.2) is 0 Å². The van der Waals surface area contributed by atoms with Gasteiger partial charge in [-0.05, 0) is 51.1 Å². The summed E-state index contributed by atoms with van der Waals surface area (Å²) in [5.74, 6) is 0.712. The van der Waals surface area contributed by atoms with Crippen molar-refractivity contribution in [3.05, 3.63) is 29.3 Å². The van der Waals surface area contributed by atoms with Gasteiger partial charge in [-0.1, -0.05) is 12.1 Å². The molecule has 1 unspecified atom stereocenters. The predicted octanol–water partition coefficient (Wildman–Crippen LogP) is 2.53. The molecule has 1 N–H and O–H groups in total. The number of nitrogens with one attached hydrogen (secondary N) is 1. The van der Waals surface area contributed by atoms with E-state index < -0.39 is 0 Å². The van der Waals surface area contributed by atoms with Gasteiger partial charge in [0.15, 0.2) is 0 Å². The second-order valence-electron chi connectivity index (χ2n) is 4.64. The molecule has 2 nitrogen and oxygen atoms in total. The van der Waals surface area contributed by atoms with E-state index in [2.05, 4.69) is 42.3 Å². The van der Waals surface area contributed by atoms with Crippen molar-refractivity contribution in [2.24, 2.45) is 0 Å². The molecule has 1 aliphatic rings. The summed E-state index contributed by atoms with van der Waals surface area (Å²) in [7, 11) is 2.03. The molecule has 16 heavy (non-hydrogen) atoms. The molecule has 1 aliphatic heterocycles. The largest absolute Gasteiger partial charge is 0.371 e. The molecule has 0 amide bonds. The van der Waals surface area contributed by atoms with E-state index in [-0.39, 0.29) is 0 Å². The van der Waals surface area contributed by atoms with Gasteiger partial charge >= 0.3 is 0 Å². The SMILES string of the molecule is CCN1CC(CCNC)c2c(C)cccc21. The van der Waals surface area contributed by atoms with E-state index in [9.17, 15) is 0 Å². The van der Waals surface area contributed by atoms with Crippen LogP contribution in [0.3, 0.4) is 0 Å². The van der Waals surface area contributed by atoms with Crippen molar-refractivity contribution in [1.29, 1.82) is 0 Å². The molecule has 1 heterocycles. The van der Waals surface area contributed by atoms with E-state index in [1.807, 2.05) is 7.05 Å². The van der Waals surface area contributed by atoms with Gasteiger partial charge in [-0.2, -0.15) is 0 Å². The Labute approximate surface area is 98.7 Å². The molecule has 1 aromatic rings.